The molecule has 1 unspecified atom stereocenters. The zero-order chi connectivity index (χ0) is 14.1. The third kappa shape index (κ3) is 2.00. The number of hydrogen-bond donors (Lipinski definition) is 2. The first-order chi connectivity index (χ1) is 9.70. The second kappa shape index (κ2) is 4.90. The van der Waals surface area contributed by atoms with E-state index < -0.39 is 0 Å². The van der Waals surface area contributed by atoms with E-state index in [1.165, 1.54) is 5.56 Å². The van der Waals surface area contributed by atoms with Gasteiger partial charge >= 0.3 is 5.91 Å². The molecule has 20 heavy (non-hydrogen) atoms. The first-order valence-corrected chi connectivity index (χ1v) is 6.48. The summed E-state index contributed by atoms with van der Waals surface area (Å²) in [5.74, 6) is -0.186. The molecule has 1 atom stereocenters. The van der Waals surface area contributed by atoms with Gasteiger partial charge in [-0.1, -0.05) is 47.1 Å². The topological polar surface area (TPSA) is 54.1 Å². The standard InChI is InChI=1S/C16H14N2O2/c1-11-6-8-12(9-7-11)10-18-14-5-3-2-4-13(14)15(17-20)16(18)19/h2-9,20H,10H2,1H3/p+1. The molecule has 1 aliphatic heterocycles. The predicted octanol–water partition coefficient (Wildman–Crippen LogP) is 1.43. The summed E-state index contributed by atoms with van der Waals surface area (Å²) >= 11 is 0. The first kappa shape index (κ1) is 12.6. The Morgan fingerprint density at radius 2 is 1.80 bits per heavy atom. The fourth-order valence-corrected chi connectivity index (χ4v) is 2.53. The number of fused-ring (bicyclic) bond motifs is 1. The third-order valence-corrected chi connectivity index (χ3v) is 3.60. The molecular formula is C16H15N2O2+. The van der Waals surface area contributed by atoms with Crippen LogP contribution in [0.1, 0.15) is 16.7 Å². The van der Waals surface area contributed by atoms with E-state index in [1.54, 1.807) is 0 Å². The van der Waals surface area contributed by atoms with E-state index in [0.717, 1.165) is 11.3 Å². The van der Waals surface area contributed by atoms with Gasteiger partial charge in [0.25, 0.3) is 0 Å². The Morgan fingerprint density at radius 1 is 1.10 bits per heavy atom. The molecule has 0 aliphatic carbocycles. The summed E-state index contributed by atoms with van der Waals surface area (Å²) in [4.78, 5) is 13.0. The van der Waals surface area contributed by atoms with E-state index >= 15 is 0 Å². The van der Waals surface area contributed by atoms with E-state index in [1.807, 2.05) is 55.5 Å². The molecule has 2 aromatic rings. The Labute approximate surface area is 117 Å². The quantitative estimate of drug-likeness (QED) is 0.639. The second-order valence-electron chi connectivity index (χ2n) is 4.96. The van der Waals surface area contributed by atoms with Gasteiger partial charge in [-0.2, -0.15) is 0 Å². The summed E-state index contributed by atoms with van der Waals surface area (Å²) in [5.41, 5.74) is 3.98. The van der Waals surface area contributed by atoms with E-state index in [-0.39, 0.29) is 11.6 Å². The number of rotatable bonds is 2. The monoisotopic (exact) mass is 267 g/mol. The van der Waals surface area contributed by atoms with Crippen LogP contribution in [0.3, 0.4) is 0 Å². The molecule has 0 bridgehead atoms. The summed E-state index contributed by atoms with van der Waals surface area (Å²) < 4.78 is 0. The van der Waals surface area contributed by atoms with E-state index in [0.29, 0.717) is 17.0 Å². The van der Waals surface area contributed by atoms with Crippen LogP contribution in [0.25, 0.3) is 0 Å². The molecule has 2 aromatic carbocycles. The Morgan fingerprint density at radius 3 is 2.50 bits per heavy atom. The molecule has 4 heteroatoms. The van der Waals surface area contributed by atoms with Crippen LogP contribution < -0.4 is 4.90 Å². The number of nitrogens with one attached hydrogen (secondary N) is 1. The van der Waals surface area contributed by atoms with Crippen LogP contribution in [0.2, 0.25) is 0 Å². The Balaban J connectivity index is 1.98. The number of benzene rings is 2. The number of quaternary nitrogens is 1. The lowest BCUT2D eigenvalue weighted by Gasteiger charge is -2.10. The lowest BCUT2D eigenvalue weighted by Crippen LogP contribution is -3.07. The molecule has 4 nitrogen and oxygen atoms in total. The predicted molar refractivity (Wildman–Crippen MR) is 75.3 cm³/mol. The van der Waals surface area contributed by atoms with Crippen molar-refractivity contribution in [2.45, 2.75) is 13.5 Å². The van der Waals surface area contributed by atoms with Gasteiger partial charge in [-0.15, -0.1) is 0 Å². The average molecular weight is 267 g/mol. The smallest absolute Gasteiger partial charge is 0.372 e. The van der Waals surface area contributed by atoms with Crippen LogP contribution >= 0.6 is 0 Å². The minimum atomic E-state index is -0.186. The largest absolute Gasteiger partial charge is 0.410 e. The van der Waals surface area contributed by atoms with Gasteiger partial charge in [0.15, 0.2) is 0 Å². The number of nitrogens with zero attached hydrogens (tertiary/aromatic N) is 1. The van der Waals surface area contributed by atoms with E-state index in [4.69, 9.17) is 5.21 Å². The molecule has 0 saturated carbocycles. The van der Waals surface area contributed by atoms with Gasteiger partial charge in [0.05, 0.1) is 5.56 Å². The fourth-order valence-electron chi connectivity index (χ4n) is 2.53. The van der Waals surface area contributed by atoms with Gasteiger partial charge in [0, 0.05) is 11.6 Å². The number of aryl methyl sites for hydroxylation is 1. The van der Waals surface area contributed by atoms with Crippen LogP contribution in [0.4, 0.5) is 5.69 Å². The summed E-state index contributed by atoms with van der Waals surface area (Å²) in [7, 11) is 0. The molecule has 0 spiro atoms. The number of carbonyl (C=O) groups is 1. The van der Waals surface area contributed by atoms with Crippen molar-refractivity contribution < 1.29 is 14.9 Å². The SMILES string of the molecule is Cc1ccc(C[NH+]2C(=O)C(=NO)c3ccccc32)cc1. The minimum Gasteiger partial charge on any atom is -0.410 e. The van der Waals surface area contributed by atoms with Crippen LogP contribution in [0.5, 0.6) is 0 Å². The highest BCUT2D eigenvalue weighted by atomic mass is 16.4. The lowest BCUT2D eigenvalue weighted by atomic mass is 10.1. The van der Waals surface area contributed by atoms with Gasteiger partial charge in [-0.3, -0.25) is 0 Å². The number of hydrogen-bond acceptors (Lipinski definition) is 3. The highest BCUT2D eigenvalue weighted by Gasteiger charge is 2.40. The molecule has 0 fully saturated rings. The summed E-state index contributed by atoms with van der Waals surface area (Å²) in [6.07, 6.45) is 0. The molecule has 3 rings (SSSR count). The van der Waals surface area contributed by atoms with Crippen LogP contribution in [0.15, 0.2) is 53.7 Å². The molecule has 1 amide bonds. The zero-order valence-corrected chi connectivity index (χ0v) is 11.1. The van der Waals surface area contributed by atoms with Crippen molar-refractivity contribution in [2.24, 2.45) is 5.16 Å². The van der Waals surface area contributed by atoms with Gasteiger partial charge in [-0.05, 0) is 13.0 Å². The molecule has 100 valence electrons. The van der Waals surface area contributed by atoms with Crippen LogP contribution in [0, 0.1) is 6.92 Å². The molecule has 1 aliphatic rings. The molecule has 1 heterocycles. The maximum Gasteiger partial charge on any atom is 0.372 e. The fraction of sp³-hybridized carbons (Fsp3) is 0.125. The summed E-state index contributed by atoms with van der Waals surface area (Å²) in [6.45, 7) is 2.58. The molecule has 2 N–H and O–H groups in total. The lowest BCUT2D eigenvalue weighted by molar-refractivity contribution is -0.757. The van der Waals surface area contributed by atoms with Crippen molar-refractivity contribution >= 4 is 17.3 Å². The van der Waals surface area contributed by atoms with Crippen molar-refractivity contribution in [3.05, 3.63) is 65.2 Å². The van der Waals surface area contributed by atoms with Gasteiger partial charge in [-0.25, -0.2) is 9.69 Å². The highest BCUT2D eigenvalue weighted by Crippen LogP contribution is 2.18. The van der Waals surface area contributed by atoms with Crippen molar-refractivity contribution in [2.75, 3.05) is 0 Å². The zero-order valence-electron chi connectivity index (χ0n) is 11.1. The number of para-hydroxylation sites is 1. The highest BCUT2D eigenvalue weighted by molar-refractivity contribution is 6.45. The minimum absolute atomic E-state index is 0.141. The van der Waals surface area contributed by atoms with Crippen molar-refractivity contribution in [1.29, 1.82) is 0 Å². The van der Waals surface area contributed by atoms with Crippen molar-refractivity contribution in [1.82, 2.24) is 0 Å². The number of amides is 1. The summed E-state index contributed by atoms with van der Waals surface area (Å²) in [6, 6.07) is 15.5. The van der Waals surface area contributed by atoms with Crippen LogP contribution in [-0.2, 0) is 11.3 Å². The Bertz CT molecular complexity index is 690. The molecule has 0 saturated heterocycles. The molecule has 0 radical (unpaired) electrons. The van der Waals surface area contributed by atoms with Crippen LogP contribution in [-0.4, -0.2) is 16.8 Å². The average Bonchev–Trinajstić information content (AvgIpc) is 2.74. The van der Waals surface area contributed by atoms with Crippen molar-refractivity contribution in [3.8, 4) is 0 Å². The maximum atomic E-state index is 12.3. The number of carbonyl (C=O) groups excluding carboxylic acids is 1. The molecular weight excluding hydrogens is 252 g/mol. The first-order valence-electron chi connectivity index (χ1n) is 6.48. The number of oxime groups is 1. The van der Waals surface area contributed by atoms with Gasteiger partial charge in [0.2, 0.25) is 5.71 Å². The maximum absolute atomic E-state index is 12.3. The van der Waals surface area contributed by atoms with E-state index in [9.17, 15) is 4.79 Å². The van der Waals surface area contributed by atoms with Gasteiger partial charge < -0.3 is 5.21 Å². The Kier molecular flexibility index (Phi) is 3.08. The second-order valence-corrected chi connectivity index (χ2v) is 4.96. The third-order valence-electron chi connectivity index (χ3n) is 3.60. The summed E-state index contributed by atoms with van der Waals surface area (Å²) in [5, 5.41) is 12.2. The molecule has 0 aromatic heterocycles. The van der Waals surface area contributed by atoms with Gasteiger partial charge in [0.1, 0.15) is 12.2 Å². The van der Waals surface area contributed by atoms with E-state index in [2.05, 4.69) is 5.16 Å². The normalized spacial score (nSPS) is 19.4. The van der Waals surface area contributed by atoms with Crippen molar-refractivity contribution in [3.63, 3.8) is 0 Å². The Hall–Kier alpha value is -2.46.